The van der Waals surface area contributed by atoms with Gasteiger partial charge in [0.05, 0.1) is 36.1 Å². The van der Waals surface area contributed by atoms with Crippen molar-refractivity contribution in [3.8, 4) is 28.1 Å². The predicted octanol–water partition coefficient (Wildman–Crippen LogP) is 7.41. The molecule has 0 aliphatic heterocycles. The molecule has 180 valence electrons. The van der Waals surface area contributed by atoms with Gasteiger partial charge in [-0.05, 0) is 53.4 Å². The van der Waals surface area contributed by atoms with E-state index >= 15 is 0 Å². The summed E-state index contributed by atoms with van der Waals surface area (Å²) in [4.78, 5) is 16.9. The molecule has 0 radical (unpaired) electrons. The van der Waals surface area contributed by atoms with Crippen LogP contribution in [0.25, 0.3) is 33.3 Å². The SMILES string of the molecule is COC(=O)c1cc(-c2ccc(-c3ccc(OCC(C)C)cc3)cc2)nc2ccc(C(F)(F)F)cc12. The van der Waals surface area contributed by atoms with E-state index in [0.717, 1.165) is 34.6 Å². The van der Waals surface area contributed by atoms with Crippen LogP contribution in [0.4, 0.5) is 13.2 Å². The van der Waals surface area contributed by atoms with Crippen LogP contribution >= 0.6 is 0 Å². The average Bonchev–Trinajstić information content (AvgIpc) is 2.86. The second-order valence-electron chi connectivity index (χ2n) is 8.58. The molecule has 0 fully saturated rings. The highest BCUT2D eigenvalue weighted by Crippen LogP contribution is 2.34. The van der Waals surface area contributed by atoms with E-state index in [-0.39, 0.29) is 16.5 Å². The van der Waals surface area contributed by atoms with Gasteiger partial charge in [0, 0.05) is 10.9 Å². The Hall–Kier alpha value is -3.87. The number of hydrogen-bond donors (Lipinski definition) is 0. The van der Waals surface area contributed by atoms with Gasteiger partial charge in [-0.2, -0.15) is 13.2 Å². The number of nitrogens with zero attached hydrogens (tertiary/aromatic N) is 1. The fourth-order valence-corrected chi connectivity index (χ4v) is 3.67. The summed E-state index contributed by atoms with van der Waals surface area (Å²) in [6.07, 6.45) is -4.53. The molecule has 35 heavy (non-hydrogen) atoms. The maximum Gasteiger partial charge on any atom is 0.416 e. The van der Waals surface area contributed by atoms with Gasteiger partial charge in [0.2, 0.25) is 0 Å². The van der Waals surface area contributed by atoms with Crippen LogP contribution in [0.5, 0.6) is 5.75 Å². The van der Waals surface area contributed by atoms with Gasteiger partial charge in [0.1, 0.15) is 5.75 Å². The van der Waals surface area contributed by atoms with E-state index in [2.05, 4.69) is 18.8 Å². The van der Waals surface area contributed by atoms with Crippen molar-refractivity contribution < 1.29 is 27.4 Å². The van der Waals surface area contributed by atoms with Gasteiger partial charge in [0.25, 0.3) is 0 Å². The van der Waals surface area contributed by atoms with Gasteiger partial charge in [0.15, 0.2) is 0 Å². The number of aromatic nitrogens is 1. The summed E-state index contributed by atoms with van der Waals surface area (Å²) < 4.78 is 50.2. The fourth-order valence-electron chi connectivity index (χ4n) is 3.67. The lowest BCUT2D eigenvalue weighted by Crippen LogP contribution is -2.07. The zero-order valence-corrected chi connectivity index (χ0v) is 19.5. The van der Waals surface area contributed by atoms with Crippen molar-refractivity contribution in [2.75, 3.05) is 13.7 Å². The molecule has 7 heteroatoms. The topological polar surface area (TPSA) is 48.4 Å². The zero-order chi connectivity index (χ0) is 25.2. The molecule has 0 N–H and O–H groups in total. The van der Waals surface area contributed by atoms with Gasteiger partial charge in [-0.25, -0.2) is 9.78 Å². The molecule has 0 unspecified atom stereocenters. The van der Waals surface area contributed by atoms with E-state index < -0.39 is 17.7 Å². The third kappa shape index (κ3) is 5.45. The highest BCUT2D eigenvalue weighted by molar-refractivity contribution is 6.04. The lowest BCUT2D eigenvalue weighted by molar-refractivity contribution is -0.137. The Kier molecular flexibility index (Phi) is 6.78. The lowest BCUT2D eigenvalue weighted by Gasteiger charge is -2.12. The normalized spacial score (nSPS) is 11.6. The van der Waals surface area contributed by atoms with Crippen LogP contribution in [-0.2, 0) is 10.9 Å². The molecule has 1 heterocycles. The van der Waals surface area contributed by atoms with Crippen LogP contribution in [0.1, 0.15) is 29.8 Å². The molecule has 0 atom stereocenters. The number of rotatable bonds is 6. The standard InChI is InChI=1S/C28H24F3NO3/c1-17(2)16-35-22-11-8-19(9-12-22)18-4-6-20(7-5-18)26-15-24(27(33)34-3)23-14-21(28(29,30)31)10-13-25(23)32-26/h4-15,17H,16H2,1-3H3. The fraction of sp³-hybridized carbons (Fsp3) is 0.214. The first-order valence-corrected chi connectivity index (χ1v) is 11.1. The molecule has 0 saturated heterocycles. The maximum atomic E-state index is 13.2. The van der Waals surface area contributed by atoms with Crippen molar-refractivity contribution in [1.82, 2.24) is 4.98 Å². The van der Waals surface area contributed by atoms with Crippen molar-refractivity contribution in [1.29, 1.82) is 0 Å². The molecule has 3 aromatic carbocycles. The molecule has 0 bridgehead atoms. The van der Waals surface area contributed by atoms with Crippen molar-refractivity contribution in [3.63, 3.8) is 0 Å². The van der Waals surface area contributed by atoms with Crippen LogP contribution in [0.3, 0.4) is 0 Å². The van der Waals surface area contributed by atoms with Gasteiger partial charge < -0.3 is 9.47 Å². The summed E-state index contributed by atoms with van der Waals surface area (Å²) in [7, 11) is 1.19. The number of carbonyl (C=O) groups excluding carboxylic acids is 1. The smallest absolute Gasteiger partial charge is 0.416 e. The number of fused-ring (bicyclic) bond motifs is 1. The number of carbonyl (C=O) groups is 1. The van der Waals surface area contributed by atoms with E-state index in [0.29, 0.717) is 18.2 Å². The molecule has 0 aliphatic carbocycles. The van der Waals surface area contributed by atoms with Crippen molar-refractivity contribution in [2.45, 2.75) is 20.0 Å². The van der Waals surface area contributed by atoms with E-state index in [1.165, 1.54) is 19.2 Å². The number of halogens is 3. The third-order valence-electron chi connectivity index (χ3n) is 5.49. The number of hydrogen-bond acceptors (Lipinski definition) is 4. The number of pyridine rings is 1. The Balaban J connectivity index is 1.67. The van der Waals surface area contributed by atoms with Crippen LogP contribution < -0.4 is 4.74 Å². The van der Waals surface area contributed by atoms with Crippen LogP contribution in [-0.4, -0.2) is 24.7 Å². The quantitative estimate of drug-likeness (QED) is 0.270. The number of alkyl halides is 3. The zero-order valence-electron chi connectivity index (χ0n) is 19.5. The van der Waals surface area contributed by atoms with Crippen molar-refractivity contribution >= 4 is 16.9 Å². The minimum Gasteiger partial charge on any atom is -0.493 e. The Bertz CT molecular complexity index is 1350. The molecule has 4 aromatic rings. The van der Waals surface area contributed by atoms with Crippen molar-refractivity contribution in [2.24, 2.45) is 5.92 Å². The van der Waals surface area contributed by atoms with E-state index in [1.807, 2.05) is 48.5 Å². The third-order valence-corrected chi connectivity index (χ3v) is 5.49. The minimum absolute atomic E-state index is 0.0275. The van der Waals surface area contributed by atoms with Crippen LogP contribution in [0.2, 0.25) is 0 Å². The highest BCUT2D eigenvalue weighted by Gasteiger charge is 2.31. The number of benzene rings is 3. The Morgan fingerprint density at radius 2 is 1.49 bits per heavy atom. The summed E-state index contributed by atoms with van der Waals surface area (Å²) in [6.45, 7) is 4.83. The number of methoxy groups -OCH3 is 1. The molecule has 0 saturated carbocycles. The molecule has 0 spiro atoms. The molecule has 1 aromatic heterocycles. The molecule has 0 amide bonds. The number of ether oxygens (including phenoxy) is 2. The first-order valence-electron chi connectivity index (χ1n) is 11.1. The average molecular weight is 479 g/mol. The van der Waals surface area contributed by atoms with Gasteiger partial charge >= 0.3 is 12.1 Å². The molecule has 4 nitrogen and oxygen atoms in total. The van der Waals surface area contributed by atoms with E-state index in [4.69, 9.17) is 9.47 Å². The molecule has 0 aliphatic rings. The number of esters is 1. The summed E-state index contributed by atoms with van der Waals surface area (Å²) in [5.41, 5.74) is 2.62. The summed E-state index contributed by atoms with van der Waals surface area (Å²) in [5.74, 6) is 0.523. The maximum absolute atomic E-state index is 13.2. The largest absolute Gasteiger partial charge is 0.493 e. The Labute approximate surface area is 201 Å². The first kappa shape index (κ1) is 24.3. The highest BCUT2D eigenvalue weighted by atomic mass is 19.4. The first-order chi connectivity index (χ1) is 16.7. The minimum atomic E-state index is -4.53. The van der Waals surface area contributed by atoms with Crippen LogP contribution in [0.15, 0.2) is 72.8 Å². The second kappa shape index (κ2) is 9.78. The van der Waals surface area contributed by atoms with Gasteiger partial charge in [-0.3, -0.25) is 0 Å². The van der Waals surface area contributed by atoms with Crippen molar-refractivity contribution in [3.05, 3.63) is 83.9 Å². The summed E-state index contributed by atoms with van der Waals surface area (Å²) in [5, 5.41) is 0.0896. The molecular formula is C28H24F3NO3. The van der Waals surface area contributed by atoms with E-state index in [9.17, 15) is 18.0 Å². The lowest BCUT2D eigenvalue weighted by atomic mass is 10.00. The Morgan fingerprint density at radius 1 is 0.886 bits per heavy atom. The van der Waals surface area contributed by atoms with Gasteiger partial charge in [-0.1, -0.05) is 50.2 Å². The monoisotopic (exact) mass is 479 g/mol. The van der Waals surface area contributed by atoms with Crippen LogP contribution in [0, 0.1) is 5.92 Å². The summed E-state index contributed by atoms with van der Waals surface area (Å²) in [6, 6.07) is 20.0. The summed E-state index contributed by atoms with van der Waals surface area (Å²) >= 11 is 0. The Morgan fingerprint density at radius 3 is 2.06 bits per heavy atom. The van der Waals surface area contributed by atoms with E-state index in [1.54, 1.807) is 0 Å². The predicted molar refractivity (Wildman–Crippen MR) is 129 cm³/mol. The molecule has 4 rings (SSSR count). The van der Waals surface area contributed by atoms with Gasteiger partial charge in [-0.15, -0.1) is 0 Å². The second-order valence-corrected chi connectivity index (χ2v) is 8.58. The molecular weight excluding hydrogens is 455 g/mol.